The van der Waals surface area contributed by atoms with Crippen molar-refractivity contribution in [1.29, 1.82) is 0 Å². The molecular weight excluding hydrogens is 644 g/mol. The van der Waals surface area contributed by atoms with Crippen LogP contribution in [-0.4, -0.2) is 24.7 Å². The summed E-state index contributed by atoms with van der Waals surface area (Å²) >= 11 is 3.73. The summed E-state index contributed by atoms with van der Waals surface area (Å²) in [6.45, 7) is 0. The van der Waals surface area contributed by atoms with E-state index in [0.717, 1.165) is 32.5 Å². The Morgan fingerprint density at radius 2 is 1.30 bits per heavy atom. The average molecular weight is 664 g/mol. The molecule has 0 N–H and O–H groups in total. The second-order valence-corrected chi connectivity index (χ2v) is 15.2. The molecule has 4 heterocycles. The molecule has 0 radical (unpaired) electrons. The summed E-state index contributed by atoms with van der Waals surface area (Å²) < 4.78 is 11.8. The van der Waals surface area contributed by atoms with Crippen molar-refractivity contribution in [2.75, 3.05) is 0 Å². The molecule has 44 heavy (non-hydrogen) atoms. The minimum absolute atomic E-state index is 0.273. The molecule has 0 spiro atoms. The van der Waals surface area contributed by atoms with Gasteiger partial charge in [0.25, 0.3) is 0 Å². The summed E-state index contributed by atoms with van der Waals surface area (Å²) in [6, 6.07) is 42.3. The molecule has 0 unspecified atom stereocenters. The number of benzene rings is 6. The summed E-state index contributed by atoms with van der Waals surface area (Å²) in [7, 11) is 0. The van der Waals surface area contributed by atoms with E-state index in [2.05, 4.69) is 125 Å². The van der Waals surface area contributed by atoms with Gasteiger partial charge in [-0.05, 0) is 6.07 Å². The van der Waals surface area contributed by atoms with Gasteiger partial charge in [-0.2, -0.15) is 0 Å². The van der Waals surface area contributed by atoms with E-state index in [1.165, 1.54) is 61.7 Å². The Bertz CT molecular complexity index is 2730. The van der Waals surface area contributed by atoms with E-state index in [9.17, 15) is 0 Å². The fraction of sp³-hybridized carbons (Fsp3) is 0. The van der Waals surface area contributed by atoms with Crippen molar-refractivity contribution in [3.63, 3.8) is 0 Å². The van der Waals surface area contributed by atoms with Crippen molar-refractivity contribution < 1.29 is 4.42 Å². The first kappa shape index (κ1) is 24.8. The third kappa shape index (κ3) is 3.73. The second-order valence-electron chi connectivity index (χ2n) is 11.1. The minimum atomic E-state index is 0.273. The van der Waals surface area contributed by atoms with Gasteiger partial charge in [0.2, 0.25) is 0 Å². The first-order valence-electron chi connectivity index (χ1n) is 14.4. The summed E-state index contributed by atoms with van der Waals surface area (Å²) in [6.07, 6.45) is 0. The van der Waals surface area contributed by atoms with Crippen LogP contribution in [0.3, 0.4) is 0 Å². The van der Waals surface area contributed by atoms with E-state index in [0.29, 0.717) is 0 Å². The monoisotopic (exact) mass is 664 g/mol. The molecule has 0 aliphatic heterocycles. The van der Waals surface area contributed by atoms with Gasteiger partial charge in [-0.1, -0.05) is 24.3 Å². The first-order chi connectivity index (χ1) is 21.8. The third-order valence-corrected chi connectivity index (χ3v) is 12.9. The predicted octanol–water partition coefficient (Wildman–Crippen LogP) is 11.2. The Morgan fingerprint density at radius 3 is 2.18 bits per heavy atom. The standard InChI is InChI=1S/C38H20N2OS2Se/c1-2-7-34-26(4-1)28-6-3-5-25(37(28)43-34)23-10-14-33-30(17-23)29-16-21(9-13-32(29)41-33)22-8-12-27-31-18-24(38-40-39-20-42-38)11-15-35(31)44-36(27)19-22/h1-20H. The van der Waals surface area contributed by atoms with Crippen molar-refractivity contribution in [1.82, 2.24) is 10.2 Å². The molecule has 6 heteroatoms. The molecule has 0 saturated heterocycles. The van der Waals surface area contributed by atoms with Crippen LogP contribution in [0.1, 0.15) is 0 Å². The first-order valence-corrected chi connectivity index (χ1v) is 17.8. The van der Waals surface area contributed by atoms with Gasteiger partial charge < -0.3 is 0 Å². The molecular formula is C38H20N2OS2Se. The Labute approximate surface area is 265 Å². The molecule has 0 atom stereocenters. The maximum atomic E-state index is 6.32. The van der Waals surface area contributed by atoms with Gasteiger partial charge in [0.05, 0.1) is 0 Å². The predicted molar refractivity (Wildman–Crippen MR) is 188 cm³/mol. The van der Waals surface area contributed by atoms with Crippen molar-refractivity contribution in [2.45, 2.75) is 0 Å². The zero-order valence-corrected chi connectivity index (χ0v) is 26.4. The minimum Gasteiger partial charge on any atom is -0.0529 e. The molecule has 0 saturated carbocycles. The molecule has 10 aromatic rings. The van der Waals surface area contributed by atoms with Gasteiger partial charge in [-0.15, -0.1) is 0 Å². The van der Waals surface area contributed by atoms with E-state index in [-0.39, 0.29) is 14.5 Å². The molecule has 10 rings (SSSR count). The van der Waals surface area contributed by atoms with E-state index >= 15 is 0 Å². The van der Waals surface area contributed by atoms with Crippen LogP contribution >= 0.6 is 22.7 Å². The van der Waals surface area contributed by atoms with Crippen molar-refractivity contribution in [3.8, 4) is 32.8 Å². The van der Waals surface area contributed by atoms with Gasteiger partial charge >= 0.3 is 226 Å². The van der Waals surface area contributed by atoms with Crippen LogP contribution in [0, 0.1) is 0 Å². The van der Waals surface area contributed by atoms with E-state index in [1.54, 1.807) is 16.8 Å². The summed E-state index contributed by atoms with van der Waals surface area (Å²) in [4.78, 5) is 0. The molecule has 0 fully saturated rings. The zero-order valence-electron chi connectivity index (χ0n) is 23.1. The number of aromatic nitrogens is 2. The van der Waals surface area contributed by atoms with E-state index in [1.807, 2.05) is 11.3 Å². The van der Waals surface area contributed by atoms with Gasteiger partial charge in [-0.3, -0.25) is 0 Å². The molecule has 0 bridgehead atoms. The number of hydrogen-bond donors (Lipinski definition) is 0. The van der Waals surface area contributed by atoms with Crippen molar-refractivity contribution in [2.24, 2.45) is 0 Å². The van der Waals surface area contributed by atoms with Crippen LogP contribution < -0.4 is 0 Å². The Hall–Kier alpha value is -4.58. The summed E-state index contributed by atoms with van der Waals surface area (Å²) in [5.74, 6) is 0. The van der Waals surface area contributed by atoms with E-state index < -0.39 is 0 Å². The maximum absolute atomic E-state index is 6.32. The molecule has 3 nitrogen and oxygen atoms in total. The molecule has 4 aromatic heterocycles. The quantitative estimate of drug-likeness (QED) is 0.177. The number of hydrogen-bond acceptors (Lipinski definition) is 5. The smallest absolute Gasteiger partial charge is 0.0529 e. The van der Waals surface area contributed by atoms with Crippen LogP contribution in [0.2, 0.25) is 0 Å². The number of rotatable bonds is 3. The topological polar surface area (TPSA) is 38.9 Å². The number of furan rings is 1. The van der Waals surface area contributed by atoms with Crippen LogP contribution in [0.5, 0.6) is 0 Å². The van der Waals surface area contributed by atoms with Crippen LogP contribution in [0.4, 0.5) is 0 Å². The van der Waals surface area contributed by atoms with Gasteiger partial charge in [0, 0.05) is 10.1 Å². The number of thiophene rings is 1. The second kappa shape index (κ2) is 9.46. The Morgan fingerprint density at radius 1 is 0.545 bits per heavy atom. The number of nitrogens with zero attached hydrogens (tertiary/aromatic N) is 2. The van der Waals surface area contributed by atoms with Crippen molar-refractivity contribution in [3.05, 3.63) is 121 Å². The Kier molecular flexibility index (Phi) is 5.33. The van der Waals surface area contributed by atoms with Gasteiger partial charge in [-0.25, -0.2) is 0 Å². The molecule has 206 valence electrons. The van der Waals surface area contributed by atoms with Crippen LogP contribution in [-0.2, 0) is 0 Å². The summed E-state index contributed by atoms with van der Waals surface area (Å²) in [5, 5.41) is 16.9. The fourth-order valence-electron chi connectivity index (χ4n) is 6.49. The van der Waals surface area contributed by atoms with E-state index in [4.69, 9.17) is 4.42 Å². The molecule has 0 aliphatic rings. The van der Waals surface area contributed by atoms with Gasteiger partial charge in [0.1, 0.15) is 0 Å². The number of fused-ring (bicyclic) bond motifs is 9. The molecule has 0 amide bonds. The fourth-order valence-corrected chi connectivity index (χ4v) is 10.6. The average Bonchev–Trinajstić information content (AvgIpc) is 3.87. The summed E-state index contributed by atoms with van der Waals surface area (Å²) in [5.41, 5.74) is 9.70. The third-order valence-electron chi connectivity index (χ3n) is 8.60. The normalized spacial score (nSPS) is 12.1. The van der Waals surface area contributed by atoms with Crippen molar-refractivity contribution >= 4 is 98.6 Å². The van der Waals surface area contributed by atoms with Gasteiger partial charge in [0.15, 0.2) is 0 Å². The molecule has 6 aromatic carbocycles. The SMILES string of the molecule is c1ccc2c(c1)sc1c(-c3ccc4oc5ccc(-c6ccc7c(c6)[se]c6ccc(-c8nncs8)cc67)cc5c4c3)cccc12. The Balaban J connectivity index is 1.10. The van der Waals surface area contributed by atoms with Crippen LogP contribution in [0.25, 0.3) is 94.2 Å². The van der Waals surface area contributed by atoms with Crippen LogP contribution in [0.15, 0.2) is 125 Å². The zero-order chi connectivity index (χ0) is 28.8. The molecule has 0 aliphatic carbocycles.